The van der Waals surface area contributed by atoms with Crippen molar-refractivity contribution in [2.45, 2.75) is 19.4 Å². The number of rotatable bonds is 3. The van der Waals surface area contributed by atoms with E-state index in [1.165, 1.54) is 11.2 Å². The average molecular weight is 241 g/mol. The first kappa shape index (κ1) is 11.7. The van der Waals surface area contributed by atoms with E-state index in [1.807, 2.05) is 0 Å². The van der Waals surface area contributed by atoms with Crippen LogP contribution in [0.1, 0.15) is 13.3 Å². The minimum absolute atomic E-state index is 0.0782. The van der Waals surface area contributed by atoms with Crippen molar-refractivity contribution in [3.63, 3.8) is 0 Å². The van der Waals surface area contributed by atoms with Gasteiger partial charge >= 0.3 is 0 Å². The zero-order valence-electron chi connectivity index (χ0n) is 7.86. The van der Waals surface area contributed by atoms with Gasteiger partial charge in [0.2, 0.25) is 15.9 Å². The van der Waals surface area contributed by atoms with E-state index in [1.54, 1.807) is 0 Å². The van der Waals surface area contributed by atoms with Gasteiger partial charge in [0.25, 0.3) is 0 Å². The first-order chi connectivity index (χ1) is 6.45. The van der Waals surface area contributed by atoms with Gasteiger partial charge in [0.1, 0.15) is 5.21 Å². The summed E-state index contributed by atoms with van der Waals surface area (Å²) in [6.45, 7) is 2.17. The molecule has 1 aliphatic heterocycles. The second-order valence-corrected chi connectivity index (χ2v) is 5.82. The van der Waals surface area contributed by atoms with Gasteiger partial charge < -0.3 is 5.32 Å². The molecule has 1 aliphatic rings. The normalized spacial score (nSPS) is 23.7. The maximum Gasteiger partial charge on any atom is 0.228 e. The summed E-state index contributed by atoms with van der Waals surface area (Å²) in [5.41, 5.74) is 0. The molecule has 0 aliphatic carbocycles. The van der Waals surface area contributed by atoms with Crippen molar-refractivity contribution in [3.8, 4) is 0 Å². The Morgan fingerprint density at radius 3 is 2.79 bits per heavy atom. The fourth-order valence-corrected chi connectivity index (χ4v) is 2.80. The molecule has 1 saturated heterocycles. The number of halogens is 1. The first-order valence-corrected chi connectivity index (χ1v) is 6.41. The lowest BCUT2D eigenvalue weighted by molar-refractivity contribution is -0.119. The molecule has 0 aromatic carbocycles. The number of carbonyl (C=O) groups is 1. The maximum absolute atomic E-state index is 11.3. The number of nitrogens with zero attached hydrogens (tertiary/aromatic N) is 1. The summed E-state index contributed by atoms with van der Waals surface area (Å²) in [4.78, 5) is 10.7. The molecule has 14 heavy (non-hydrogen) atoms. The van der Waals surface area contributed by atoms with Crippen LogP contribution in [0.5, 0.6) is 0 Å². The van der Waals surface area contributed by atoms with E-state index in [9.17, 15) is 13.2 Å². The van der Waals surface area contributed by atoms with Crippen LogP contribution in [0.4, 0.5) is 0 Å². The van der Waals surface area contributed by atoms with E-state index in [2.05, 4.69) is 5.32 Å². The lowest BCUT2D eigenvalue weighted by Crippen LogP contribution is -2.37. The number of nitrogens with one attached hydrogen (secondary N) is 1. The third-order valence-corrected chi connectivity index (χ3v) is 4.31. The largest absolute Gasteiger partial charge is 0.352 e. The lowest BCUT2D eigenvalue weighted by Gasteiger charge is -2.14. The fourth-order valence-electron chi connectivity index (χ4n) is 1.46. The Morgan fingerprint density at radius 2 is 2.29 bits per heavy atom. The third-order valence-electron chi connectivity index (χ3n) is 2.09. The number of alkyl halides is 1. The second kappa shape index (κ2) is 4.46. The number of hydrogen-bond donors (Lipinski definition) is 1. The maximum atomic E-state index is 11.3. The Balaban J connectivity index is 2.53. The third kappa shape index (κ3) is 2.83. The highest BCUT2D eigenvalue weighted by molar-refractivity contribution is 7.90. The molecule has 7 heteroatoms. The number of hydrogen-bond acceptors (Lipinski definition) is 3. The van der Waals surface area contributed by atoms with Gasteiger partial charge in [-0.2, -0.15) is 4.31 Å². The zero-order valence-corrected chi connectivity index (χ0v) is 9.44. The van der Waals surface area contributed by atoms with E-state index in [4.69, 9.17) is 11.6 Å². The molecule has 1 amide bonds. The van der Waals surface area contributed by atoms with Gasteiger partial charge in [0.05, 0.1) is 0 Å². The van der Waals surface area contributed by atoms with E-state index >= 15 is 0 Å². The van der Waals surface area contributed by atoms with Crippen LogP contribution < -0.4 is 5.32 Å². The van der Waals surface area contributed by atoms with Gasteiger partial charge in [-0.3, -0.25) is 4.79 Å². The minimum atomic E-state index is -3.32. The molecule has 1 rings (SSSR count). The van der Waals surface area contributed by atoms with Crippen LogP contribution >= 0.6 is 11.6 Å². The van der Waals surface area contributed by atoms with Gasteiger partial charge in [-0.05, 0) is 6.42 Å². The van der Waals surface area contributed by atoms with Crippen LogP contribution in [0.25, 0.3) is 0 Å². The van der Waals surface area contributed by atoms with E-state index < -0.39 is 15.2 Å². The Kier molecular flexibility index (Phi) is 3.74. The van der Waals surface area contributed by atoms with Crippen molar-refractivity contribution in [1.82, 2.24) is 9.62 Å². The van der Waals surface area contributed by atoms with E-state index in [-0.39, 0.29) is 11.9 Å². The smallest absolute Gasteiger partial charge is 0.228 e. The van der Waals surface area contributed by atoms with Gasteiger partial charge in [-0.25, -0.2) is 8.42 Å². The molecule has 1 unspecified atom stereocenters. The summed E-state index contributed by atoms with van der Waals surface area (Å²) in [6.07, 6.45) is 0.649. The number of sulfonamides is 1. The molecule has 0 bridgehead atoms. The molecular formula is C7H13ClN2O3S. The summed E-state index contributed by atoms with van der Waals surface area (Å²) >= 11 is 5.31. The molecule has 0 saturated carbocycles. The summed E-state index contributed by atoms with van der Waals surface area (Å²) in [6, 6.07) is -0.0782. The lowest BCUT2D eigenvalue weighted by atomic mass is 10.3. The predicted molar refractivity (Wildman–Crippen MR) is 53.4 cm³/mol. The molecule has 0 aromatic heterocycles. The van der Waals surface area contributed by atoms with Crippen molar-refractivity contribution >= 4 is 27.5 Å². The van der Waals surface area contributed by atoms with Crippen LogP contribution in [-0.4, -0.2) is 43.0 Å². The molecule has 5 nitrogen and oxygen atoms in total. The molecule has 1 fully saturated rings. The second-order valence-electron chi connectivity index (χ2n) is 3.27. The molecule has 0 aromatic rings. The molecular weight excluding hydrogens is 228 g/mol. The predicted octanol–water partition coefficient (Wildman–Crippen LogP) is -0.277. The molecule has 82 valence electrons. The van der Waals surface area contributed by atoms with Gasteiger partial charge in [0, 0.05) is 26.1 Å². The highest BCUT2D eigenvalue weighted by Crippen LogP contribution is 2.14. The fraction of sp³-hybridized carbons (Fsp3) is 0.857. The van der Waals surface area contributed by atoms with Crippen LogP contribution in [0.3, 0.4) is 0 Å². The summed E-state index contributed by atoms with van der Waals surface area (Å²) in [5.74, 6) is -0.139. The molecule has 0 radical (unpaired) electrons. The van der Waals surface area contributed by atoms with Crippen molar-refractivity contribution in [3.05, 3.63) is 0 Å². The topological polar surface area (TPSA) is 66.5 Å². The van der Waals surface area contributed by atoms with Crippen molar-refractivity contribution in [2.75, 3.05) is 18.3 Å². The highest BCUT2D eigenvalue weighted by atomic mass is 35.5. The summed E-state index contributed by atoms with van der Waals surface area (Å²) < 4.78 is 23.9. The van der Waals surface area contributed by atoms with Crippen LogP contribution in [-0.2, 0) is 14.8 Å². The summed E-state index contributed by atoms with van der Waals surface area (Å²) in [7, 11) is -3.32. The van der Waals surface area contributed by atoms with Gasteiger partial charge in [-0.1, -0.05) is 0 Å². The van der Waals surface area contributed by atoms with Crippen molar-refractivity contribution in [1.29, 1.82) is 0 Å². The average Bonchev–Trinajstić information content (AvgIpc) is 2.52. The van der Waals surface area contributed by atoms with Crippen molar-refractivity contribution in [2.24, 2.45) is 0 Å². The van der Waals surface area contributed by atoms with Gasteiger partial charge in [0.15, 0.2) is 0 Å². The Morgan fingerprint density at radius 1 is 1.64 bits per heavy atom. The van der Waals surface area contributed by atoms with Crippen LogP contribution in [0.2, 0.25) is 0 Å². The standard InChI is InChI=1S/C7H13ClN2O3S/c1-6(11)9-7-2-3-10(4-7)14(12,13)5-8/h7H,2-5H2,1H3,(H,9,11). The monoisotopic (exact) mass is 240 g/mol. The van der Waals surface area contributed by atoms with E-state index in [0.29, 0.717) is 19.5 Å². The number of amides is 1. The first-order valence-electron chi connectivity index (χ1n) is 4.26. The van der Waals surface area contributed by atoms with Gasteiger partial charge in [-0.15, -0.1) is 11.6 Å². The number of carbonyl (C=O) groups excluding carboxylic acids is 1. The molecule has 0 spiro atoms. The van der Waals surface area contributed by atoms with E-state index in [0.717, 1.165) is 0 Å². The molecule has 1 heterocycles. The molecule has 1 atom stereocenters. The minimum Gasteiger partial charge on any atom is -0.352 e. The van der Waals surface area contributed by atoms with Crippen LogP contribution in [0.15, 0.2) is 0 Å². The summed E-state index contributed by atoms with van der Waals surface area (Å²) in [5, 5.41) is 2.28. The Hall–Kier alpha value is -0.330. The quantitative estimate of drug-likeness (QED) is 0.691. The van der Waals surface area contributed by atoms with Crippen molar-refractivity contribution < 1.29 is 13.2 Å². The Bertz CT molecular complexity index is 317. The van der Waals surface area contributed by atoms with Crippen LogP contribution in [0, 0.1) is 0 Å². The molecule has 1 N–H and O–H groups in total. The SMILES string of the molecule is CC(=O)NC1CCN(S(=O)(=O)CCl)C1. The zero-order chi connectivity index (χ0) is 10.8. The highest BCUT2D eigenvalue weighted by Gasteiger charge is 2.30. The Labute approximate surface area is 88.5 Å².